The number of ether oxygens (including phenoxy) is 1. The van der Waals surface area contributed by atoms with Gasteiger partial charge < -0.3 is 15.4 Å². The molecule has 0 aromatic heterocycles. The quantitative estimate of drug-likeness (QED) is 0.759. The molecule has 1 rings (SSSR count). The van der Waals surface area contributed by atoms with Crippen LogP contribution in [0.1, 0.15) is 40.5 Å². The van der Waals surface area contributed by atoms with E-state index in [9.17, 15) is 4.79 Å². The van der Waals surface area contributed by atoms with Crippen LogP contribution in [0.2, 0.25) is 0 Å². The van der Waals surface area contributed by atoms with Crippen molar-refractivity contribution >= 4 is 5.91 Å². The Morgan fingerprint density at radius 1 is 1.50 bits per heavy atom. The lowest BCUT2D eigenvalue weighted by Crippen LogP contribution is -2.48. The van der Waals surface area contributed by atoms with Crippen molar-refractivity contribution in [1.82, 2.24) is 10.6 Å². The molecule has 4 nitrogen and oxygen atoms in total. The third-order valence-electron chi connectivity index (χ3n) is 2.52. The zero-order valence-electron chi connectivity index (χ0n) is 10.8. The van der Waals surface area contributed by atoms with Crippen LogP contribution >= 0.6 is 0 Å². The molecule has 0 saturated carbocycles. The first-order valence-electron chi connectivity index (χ1n) is 6.07. The zero-order valence-corrected chi connectivity index (χ0v) is 10.8. The normalized spacial score (nSPS) is 23.9. The molecule has 4 heteroatoms. The average Bonchev–Trinajstić information content (AvgIpc) is 2.16. The number of carbonyl (C=O) groups excluding carboxylic acids is 1. The van der Waals surface area contributed by atoms with E-state index >= 15 is 0 Å². The summed E-state index contributed by atoms with van der Waals surface area (Å²) in [6.45, 7) is 9.64. The first kappa shape index (κ1) is 13.5. The first-order valence-corrected chi connectivity index (χ1v) is 6.07. The lowest BCUT2D eigenvalue weighted by molar-refractivity contribution is -0.137. The lowest BCUT2D eigenvalue weighted by atomic mass is 10.1. The van der Waals surface area contributed by atoms with Crippen molar-refractivity contribution in [3.05, 3.63) is 0 Å². The molecular weight excluding hydrogens is 204 g/mol. The van der Waals surface area contributed by atoms with Crippen molar-refractivity contribution in [2.24, 2.45) is 0 Å². The summed E-state index contributed by atoms with van der Waals surface area (Å²) in [5.41, 5.74) is -0.195. The van der Waals surface area contributed by atoms with Crippen molar-refractivity contribution in [2.75, 3.05) is 13.1 Å². The smallest absolute Gasteiger partial charge is 0.249 e. The third kappa shape index (κ3) is 4.94. The monoisotopic (exact) mass is 228 g/mol. The second-order valence-corrected chi connectivity index (χ2v) is 5.49. The fourth-order valence-corrected chi connectivity index (χ4v) is 1.76. The largest absolute Gasteiger partial charge is 0.364 e. The van der Waals surface area contributed by atoms with Gasteiger partial charge in [-0.05, 0) is 47.1 Å². The molecule has 1 fully saturated rings. The lowest BCUT2D eigenvalue weighted by Gasteiger charge is -2.28. The van der Waals surface area contributed by atoms with Crippen molar-refractivity contribution in [2.45, 2.75) is 58.3 Å². The molecule has 0 spiro atoms. The van der Waals surface area contributed by atoms with Gasteiger partial charge in [0.1, 0.15) is 6.10 Å². The molecule has 16 heavy (non-hydrogen) atoms. The van der Waals surface area contributed by atoms with E-state index in [4.69, 9.17) is 4.74 Å². The molecule has 94 valence electrons. The number of amides is 1. The van der Waals surface area contributed by atoms with Crippen molar-refractivity contribution in [3.8, 4) is 0 Å². The molecule has 1 saturated heterocycles. The number of hydrogen-bond acceptors (Lipinski definition) is 3. The Bertz CT molecular complexity index is 230. The van der Waals surface area contributed by atoms with Crippen LogP contribution in [0.3, 0.4) is 0 Å². The van der Waals surface area contributed by atoms with Crippen LogP contribution in [0, 0.1) is 0 Å². The summed E-state index contributed by atoms with van der Waals surface area (Å²) in [6.07, 6.45) is 1.97. The highest BCUT2D eigenvalue weighted by Gasteiger charge is 2.23. The van der Waals surface area contributed by atoms with Crippen LogP contribution in [-0.2, 0) is 9.53 Å². The van der Waals surface area contributed by atoms with Gasteiger partial charge in [0.05, 0.1) is 6.10 Å². The summed E-state index contributed by atoms with van der Waals surface area (Å²) in [4.78, 5) is 11.8. The van der Waals surface area contributed by atoms with Gasteiger partial charge in [0, 0.05) is 12.1 Å². The molecule has 1 unspecified atom stereocenters. The standard InChI is InChI=1S/C12H24N2O2/c1-9(11(15)14-12(2,3)4)16-10-6-5-7-13-8-10/h9-10,13H,5-8H2,1-4H3,(H,14,15)/t9?,10-/m0/s1. The Morgan fingerprint density at radius 2 is 2.19 bits per heavy atom. The van der Waals surface area contributed by atoms with Crippen LogP contribution in [-0.4, -0.2) is 36.7 Å². The van der Waals surface area contributed by atoms with Crippen molar-refractivity contribution in [1.29, 1.82) is 0 Å². The van der Waals surface area contributed by atoms with Gasteiger partial charge in [0.2, 0.25) is 5.91 Å². The summed E-state index contributed by atoms with van der Waals surface area (Å²) >= 11 is 0. The van der Waals surface area contributed by atoms with Crippen molar-refractivity contribution in [3.63, 3.8) is 0 Å². The molecule has 2 atom stereocenters. The maximum Gasteiger partial charge on any atom is 0.249 e. The highest BCUT2D eigenvalue weighted by Crippen LogP contribution is 2.09. The predicted molar refractivity (Wildman–Crippen MR) is 64.3 cm³/mol. The van der Waals surface area contributed by atoms with Crippen molar-refractivity contribution < 1.29 is 9.53 Å². The van der Waals surface area contributed by atoms with E-state index in [1.165, 1.54) is 0 Å². The first-order chi connectivity index (χ1) is 7.38. The van der Waals surface area contributed by atoms with Crippen LogP contribution in [0.25, 0.3) is 0 Å². The Balaban J connectivity index is 2.33. The van der Waals surface area contributed by atoms with Gasteiger partial charge in [-0.15, -0.1) is 0 Å². The molecule has 1 amide bonds. The van der Waals surface area contributed by atoms with Gasteiger partial charge in [0.15, 0.2) is 0 Å². The molecule has 2 N–H and O–H groups in total. The van der Waals surface area contributed by atoms with Gasteiger partial charge in [-0.1, -0.05) is 0 Å². The third-order valence-corrected chi connectivity index (χ3v) is 2.52. The Morgan fingerprint density at radius 3 is 2.69 bits per heavy atom. The molecule has 1 aliphatic heterocycles. The number of hydrogen-bond donors (Lipinski definition) is 2. The van der Waals surface area contributed by atoms with Crippen LogP contribution < -0.4 is 10.6 Å². The van der Waals surface area contributed by atoms with Gasteiger partial charge >= 0.3 is 0 Å². The summed E-state index contributed by atoms with van der Waals surface area (Å²) in [7, 11) is 0. The van der Waals surface area contributed by atoms with Gasteiger partial charge in [-0.2, -0.15) is 0 Å². The minimum atomic E-state index is -0.371. The summed E-state index contributed by atoms with van der Waals surface area (Å²) in [5.74, 6) is -0.0296. The number of piperidine rings is 1. The average molecular weight is 228 g/mol. The maximum atomic E-state index is 11.8. The molecule has 0 aromatic carbocycles. The van der Waals surface area contributed by atoms with E-state index in [2.05, 4.69) is 10.6 Å². The van der Waals surface area contributed by atoms with E-state index in [1.807, 2.05) is 27.7 Å². The minimum absolute atomic E-state index is 0.0296. The highest BCUT2D eigenvalue weighted by molar-refractivity contribution is 5.81. The predicted octanol–water partition coefficient (Wildman–Crippen LogP) is 1.06. The van der Waals surface area contributed by atoms with Gasteiger partial charge in [-0.25, -0.2) is 0 Å². The summed E-state index contributed by atoms with van der Waals surface area (Å²) < 4.78 is 5.72. The fraction of sp³-hybridized carbons (Fsp3) is 0.917. The highest BCUT2D eigenvalue weighted by atomic mass is 16.5. The molecule has 0 aliphatic carbocycles. The van der Waals surface area contributed by atoms with Crippen LogP contribution in [0.4, 0.5) is 0 Å². The minimum Gasteiger partial charge on any atom is -0.364 e. The van der Waals surface area contributed by atoms with E-state index < -0.39 is 0 Å². The van der Waals surface area contributed by atoms with E-state index in [1.54, 1.807) is 0 Å². The second kappa shape index (κ2) is 5.64. The summed E-state index contributed by atoms with van der Waals surface area (Å²) in [5, 5.41) is 6.19. The van der Waals surface area contributed by atoms with Gasteiger partial charge in [0.25, 0.3) is 0 Å². The fourth-order valence-electron chi connectivity index (χ4n) is 1.76. The molecule has 0 aromatic rings. The number of carbonyl (C=O) groups is 1. The molecular formula is C12H24N2O2. The second-order valence-electron chi connectivity index (χ2n) is 5.49. The topological polar surface area (TPSA) is 50.4 Å². The summed E-state index contributed by atoms with van der Waals surface area (Å²) in [6, 6.07) is 0. The SMILES string of the molecule is CC(O[C@H]1CCCNC1)C(=O)NC(C)(C)C. The number of rotatable bonds is 3. The van der Waals surface area contributed by atoms with Crippen LogP contribution in [0.5, 0.6) is 0 Å². The Labute approximate surface area is 98.1 Å². The van der Waals surface area contributed by atoms with E-state index in [-0.39, 0.29) is 23.7 Å². The maximum absolute atomic E-state index is 11.8. The molecule has 0 radical (unpaired) electrons. The van der Waals surface area contributed by atoms with Gasteiger partial charge in [-0.3, -0.25) is 4.79 Å². The van der Waals surface area contributed by atoms with E-state index in [0.717, 1.165) is 25.9 Å². The van der Waals surface area contributed by atoms with Crippen LogP contribution in [0.15, 0.2) is 0 Å². The molecule has 1 heterocycles. The molecule has 0 bridgehead atoms. The Hall–Kier alpha value is -0.610. The number of nitrogens with one attached hydrogen (secondary N) is 2. The Kier molecular flexibility index (Phi) is 4.74. The molecule has 1 aliphatic rings. The zero-order chi connectivity index (χ0) is 12.2. The van der Waals surface area contributed by atoms with E-state index in [0.29, 0.717) is 0 Å².